The first kappa shape index (κ1) is 16.7. The molecule has 4 nitrogen and oxygen atoms in total. The topological polar surface area (TPSA) is 40.6 Å². The largest absolute Gasteiger partial charge is 0.345 e. The molecule has 1 fully saturated rings. The molecular weight excluding hydrogens is 307 g/mol. The zero-order valence-electron chi connectivity index (χ0n) is 12.8. The average Bonchev–Trinajstić information content (AvgIpc) is 2.81. The molecule has 2 amide bonds. The molecule has 22 heavy (non-hydrogen) atoms. The highest BCUT2D eigenvalue weighted by Crippen LogP contribution is 2.20. The molecule has 0 spiro atoms. The lowest BCUT2D eigenvalue weighted by Crippen LogP contribution is -2.34. The van der Waals surface area contributed by atoms with Crippen LogP contribution in [0.25, 0.3) is 0 Å². The monoisotopic (exact) mass is 326 g/mol. The summed E-state index contributed by atoms with van der Waals surface area (Å²) in [5.74, 6) is -0.186. The van der Waals surface area contributed by atoms with E-state index in [0.717, 1.165) is 0 Å². The zero-order valence-corrected chi connectivity index (χ0v) is 13.6. The van der Waals surface area contributed by atoms with Gasteiger partial charge in [-0.25, -0.2) is 4.39 Å². The van der Waals surface area contributed by atoms with Gasteiger partial charge in [0.1, 0.15) is 5.82 Å². The van der Waals surface area contributed by atoms with Crippen molar-refractivity contribution in [2.75, 3.05) is 26.7 Å². The lowest BCUT2D eigenvalue weighted by atomic mass is 10.1. The van der Waals surface area contributed by atoms with E-state index >= 15 is 0 Å². The van der Waals surface area contributed by atoms with Crippen molar-refractivity contribution in [1.29, 1.82) is 0 Å². The Kier molecular flexibility index (Phi) is 5.40. The van der Waals surface area contributed by atoms with Crippen molar-refractivity contribution in [3.63, 3.8) is 0 Å². The summed E-state index contributed by atoms with van der Waals surface area (Å²) in [6, 6.07) is 4.03. The summed E-state index contributed by atoms with van der Waals surface area (Å²) >= 11 is 5.94. The standard InChI is InChI=1S/C16H20ClFN2O2/c1-3-20-10-11(6-16(20)22)9-19(2)15(21)7-12-4-5-13(18)8-14(12)17/h4-5,8,11H,3,6-7,9-10H2,1-2H3. The second kappa shape index (κ2) is 7.09. The highest BCUT2D eigenvalue weighted by molar-refractivity contribution is 6.31. The average molecular weight is 327 g/mol. The van der Waals surface area contributed by atoms with E-state index in [1.54, 1.807) is 16.8 Å². The first-order valence-corrected chi connectivity index (χ1v) is 7.74. The summed E-state index contributed by atoms with van der Waals surface area (Å²) in [4.78, 5) is 27.4. The third-order valence-corrected chi connectivity index (χ3v) is 4.34. The van der Waals surface area contributed by atoms with E-state index in [2.05, 4.69) is 0 Å². The SMILES string of the molecule is CCN1CC(CN(C)C(=O)Cc2ccc(F)cc2Cl)CC1=O. The van der Waals surface area contributed by atoms with E-state index in [1.165, 1.54) is 18.2 Å². The fourth-order valence-electron chi connectivity index (χ4n) is 2.73. The number of likely N-dealkylation sites (tertiary alicyclic amines) is 1. The van der Waals surface area contributed by atoms with Gasteiger partial charge in [-0.2, -0.15) is 0 Å². The number of amides is 2. The molecule has 1 aromatic rings. The molecule has 6 heteroatoms. The van der Waals surface area contributed by atoms with Crippen LogP contribution in [-0.2, 0) is 16.0 Å². The third-order valence-electron chi connectivity index (χ3n) is 3.99. The Morgan fingerprint density at radius 2 is 2.23 bits per heavy atom. The number of carbonyl (C=O) groups excluding carboxylic acids is 2. The number of rotatable bonds is 5. The molecule has 1 heterocycles. The van der Waals surface area contributed by atoms with Crippen molar-refractivity contribution >= 4 is 23.4 Å². The summed E-state index contributed by atoms with van der Waals surface area (Å²) in [6.45, 7) is 3.90. The van der Waals surface area contributed by atoms with Crippen LogP contribution in [-0.4, -0.2) is 48.3 Å². The highest BCUT2D eigenvalue weighted by Gasteiger charge is 2.29. The Balaban J connectivity index is 1.91. The molecule has 1 saturated heterocycles. The Morgan fingerprint density at radius 1 is 1.50 bits per heavy atom. The van der Waals surface area contributed by atoms with Crippen LogP contribution < -0.4 is 0 Å². The summed E-state index contributed by atoms with van der Waals surface area (Å²) in [5, 5.41) is 0.259. The van der Waals surface area contributed by atoms with Gasteiger partial charge in [0, 0.05) is 44.0 Å². The van der Waals surface area contributed by atoms with Gasteiger partial charge in [0.05, 0.1) is 6.42 Å². The number of carbonyl (C=O) groups is 2. The minimum Gasteiger partial charge on any atom is -0.345 e. The van der Waals surface area contributed by atoms with E-state index in [-0.39, 0.29) is 29.2 Å². The Morgan fingerprint density at radius 3 is 2.82 bits per heavy atom. The van der Waals surface area contributed by atoms with Gasteiger partial charge in [0.15, 0.2) is 0 Å². The van der Waals surface area contributed by atoms with Crippen LogP contribution >= 0.6 is 11.6 Å². The van der Waals surface area contributed by atoms with Crippen molar-refractivity contribution in [2.45, 2.75) is 19.8 Å². The minimum atomic E-state index is -0.418. The summed E-state index contributed by atoms with van der Waals surface area (Å²) in [7, 11) is 1.72. The maximum Gasteiger partial charge on any atom is 0.226 e. The van der Waals surface area contributed by atoms with Gasteiger partial charge in [0.25, 0.3) is 0 Å². The predicted octanol–water partition coefficient (Wildman–Crippen LogP) is 2.35. The Labute approximate surface area is 134 Å². The lowest BCUT2D eigenvalue weighted by molar-refractivity contribution is -0.130. The summed E-state index contributed by atoms with van der Waals surface area (Å²) < 4.78 is 13.0. The van der Waals surface area contributed by atoms with Crippen LogP contribution in [0.4, 0.5) is 4.39 Å². The van der Waals surface area contributed by atoms with Gasteiger partial charge in [-0.15, -0.1) is 0 Å². The van der Waals surface area contributed by atoms with Crippen molar-refractivity contribution in [2.24, 2.45) is 5.92 Å². The van der Waals surface area contributed by atoms with Crippen molar-refractivity contribution in [3.05, 3.63) is 34.6 Å². The maximum atomic E-state index is 13.0. The lowest BCUT2D eigenvalue weighted by Gasteiger charge is -2.21. The van der Waals surface area contributed by atoms with Crippen LogP contribution in [0.15, 0.2) is 18.2 Å². The molecule has 0 saturated carbocycles. The number of hydrogen-bond donors (Lipinski definition) is 0. The minimum absolute atomic E-state index is 0.0871. The fourth-order valence-corrected chi connectivity index (χ4v) is 2.97. The molecule has 1 aliphatic heterocycles. The quantitative estimate of drug-likeness (QED) is 0.833. The molecule has 0 radical (unpaired) electrons. The van der Waals surface area contributed by atoms with E-state index < -0.39 is 5.82 Å². The van der Waals surface area contributed by atoms with E-state index in [9.17, 15) is 14.0 Å². The highest BCUT2D eigenvalue weighted by atomic mass is 35.5. The van der Waals surface area contributed by atoms with Gasteiger partial charge in [0.2, 0.25) is 11.8 Å². The van der Waals surface area contributed by atoms with Crippen LogP contribution in [0.2, 0.25) is 5.02 Å². The molecular formula is C16H20ClFN2O2. The van der Waals surface area contributed by atoms with Gasteiger partial charge in [-0.1, -0.05) is 17.7 Å². The number of hydrogen-bond acceptors (Lipinski definition) is 2. The third kappa shape index (κ3) is 3.97. The molecule has 0 bridgehead atoms. The first-order valence-electron chi connectivity index (χ1n) is 7.36. The maximum absolute atomic E-state index is 13.0. The van der Waals surface area contributed by atoms with Gasteiger partial charge >= 0.3 is 0 Å². The predicted molar refractivity (Wildman–Crippen MR) is 83.1 cm³/mol. The molecule has 120 valence electrons. The van der Waals surface area contributed by atoms with E-state index in [4.69, 9.17) is 11.6 Å². The van der Waals surface area contributed by atoms with Gasteiger partial charge < -0.3 is 9.80 Å². The second-order valence-corrected chi connectivity index (χ2v) is 6.10. The normalized spacial score (nSPS) is 17.9. The Bertz CT molecular complexity index is 579. The van der Waals surface area contributed by atoms with E-state index in [0.29, 0.717) is 31.6 Å². The number of benzene rings is 1. The molecule has 2 rings (SSSR count). The number of likely N-dealkylation sites (N-methyl/N-ethyl adjacent to an activating group) is 1. The molecule has 1 aliphatic rings. The molecule has 0 aliphatic carbocycles. The van der Waals surface area contributed by atoms with Crippen molar-refractivity contribution in [3.8, 4) is 0 Å². The fraction of sp³-hybridized carbons (Fsp3) is 0.500. The molecule has 0 aromatic heterocycles. The smallest absolute Gasteiger partial charge is 0.226 e. The van der Waals surface area contributed by atoms with Crippen molar-refractivity contribution in [1.82, 2.24) is 9.80 Å². The summed E-state index contributed by atoms with van der Waals surface area (Å²) in [5.41, 5.74) is 0.609. The van der Waals surface area contributed by atoms with Gasteiger partial charge in [-0.05, 0) is 24.6 Å². The molecule has 1 aromatic carbocycles. The van der Waals surface area contributed by atoms with Crippen LogP contribution in [0, 0.1) is 11.7 Å². The second-order valence-electron chi connectivity index (χ2n) is 5.69. The molecule has 1 unspecified atom stereocenters. The van der Waals surface area contributed by atoms with Crippen LogP contribution in [0.5, 0.6) is 0 Å². The number of halogens is 2. The Hall–Kier alpha value is -1.62. The summed E-state index contributed by atoms with van der Waals surface area (Å²) in [6.07, 6.45) is 0.622. The van der Waals surface area contributed by atoms with E-state index in [1.807, 2.05) is 6.92 Å². The van der Waals surface area contributed by atoms with Crippen LogP contribution in [0.1, 0.15) is 18.9 Å². The van der Waals surface area contributed by atoms with Crippen molar-refractivity contribution < 1.29 is 14.0 Å². The van der Waals surface area contributed by atoms with Gasteiger partial charge in [-0.3, -0.25) is 9.59 Å². The zero-order chi connectivity index (χ0) is 16.3. The molecule has 1 atom stereocenters. The first-order chi connectivity index (χ1) is 10.4. The van der Waals surface area contributed by atoms with Crippen LogP contribution in [0.3, 0.4) is 0 Å². The number of nitrogens with zero attached hydrogens (tertiary/aromatic N) is 2. The molecule has 0 N–H and O–H groups in total.